The van der Waals surface area contributed by atoms with E-state index in [2.05, 4.69) is 43.7 Å². The highest BCUT2D eigenvalue weighted by Crippen LogP contribution is 2.24. The fourth-order valence-corrected chi connectivity index (χ4v) is 3.70. The number of nitrogens with zero attached hydrogens (tertiary/aromatic N) is 4. The molecule has 1 atom stereocenters. The van der Waals surface area contributed by atoms with E-state index in [-0.39, 0.29) is 24.0 Å². The summed E-state index contributed by atoms with van der Waals surface area (Å²) in [5.41, 5.74) is 2.36. The first-order valence-corrected chi connectivity index (χ1v) is 10.5. The number of anilines is 1. The molecule has 0 bridgehead atoms. The number of hydrogen-bond donors (Lipinski definition) is 2. The van der Waals surface area contributed by atoms with Crippen LogP contribution in [0.1, 0.15) is 17.5 Å². The van der Waals surface area contributed by atoms with Crippen LogP contribution in [0.15, 0.2) is 41.5 Å². The van der Waals surface area contributed by atoms with Crippen molar-refractivity contribution in [3.05, 3.63) is 47.7 Å². The molecule has 1 aliphatic heterocycles. The highest BCUT2D eigenvalue weighted by atomic mass is 127. The Labute approximate surface area is 208 Å². The van der Waals surface area contributed by atoms with Crippen molar-refractivity contribution >= 4 is 35.8 Å². The molecule has 3 rings (SSSR count). The number of aromatic nitrogens is 1. The van der Waals surface area contributed by atoms with E-state index in [4.69, 9.17) is 9.47 Å². The lowest BCUT2D eigenvalue weighted by Gasteiger charge is -2.20. The molecule has 176 valence electrons. The molecule has 1 unspecified atom stereocenters. The second-order valence-corrected chi connectivity index (χ2v) is 7.93. The van der Waals surface area contributed by atoms with Crippen molar-refractivity contribution in [1.82, 2.24) is 20.5 Å². The van der Waals surface area contributed by atoms with Gasteiger partial charge in [0.05, 0.1) is 14.2 Å². The van der Waals surface area contributed by atoms with E-state index in [1.165, 1.54) is 11.1 Å². The van der Waals surface area contributed by atoms with Gasteiger partial charge in [0.25, 0.3) is 0 Å². The van der Waals surface area contributed by atoms with E-state index < -0.39 is 0 Å². The summed E-state index contributed by atoms with van der Waals surface area (Å²) in [5, 5.41) is 6.97. The lowest BCUT2D eigenvalue weighted by molar-refractivity contribution is 0.321. The third-order valence-electron chi connectivity index (χ3n) is 5.38. The zero-order valence-corrected chi connectivity index (χ0v) is 21.9. The third-order valence-corrected chi connectivity index (χ3v) is 5.38. The van der Waals surface area contributed by atoms with Crippen LogP contribution in [0.25, 0.3) is 0 Å². The number of aliphatic imine (C=N–C) groups is 1. The van der Waals surface area contributed by atoms with Crippen LogP contribution in [0.3, 0.4) is 0 Å². The minimum absolute atomic E-state index is 0. The van der Waals surface area contributed by atoms with Crippen molar-refractivity contribution in [3.63, 3.8) is 0 Å². The number of halogens is 1. The Hall–Kier alpha value is -2.27. The maximum absolute atomic E-state index is 5.39. The molecule has 1 fully saturated rings. The number of ether oxygens (including phenoxy) is 2. The highest BCUT2D eigenvalue weighted by molar-refractivity contribution is 14.0. The summed E-state index contributed by atoms with van der Waals surface area (Å²) in [6.45, 7) is 3.55. The normalized spacial score (nSPS) is 16.3. The summed E-state index contributed by atoms with van der Waals surface area (Å²) in [7, 11) is 9.16. The van der Waals surface area contributed by atoms with Crippen LogP contribution < -0.4 is 25.0 Å². The van der Waals surface area contributed by atoms with Gasteiger partial charge in [0.1, 0.15) is 17.3 Å². The number of hydrogen-bond acceptors (Lipinski definition) is 6. The Morgan fingerprint density at radius 2 is 1.88 bits per heavy atom. The SMILES string of the molecule is CN=C(NCc1ccnc(N(C)C)c1)NC1CCN(Cc2cc(OC)cc(OC)c2)C1.I. The number of pyridine rings is 1. The van der Waals surface area contributed by atoms with Crippen LogP contribution in [0, 0.1) is 0 Å². The molecule has 1 aromatic carbocycles. The van der Waals surface area contributed by atoms with Crippen molar-refractivity contribution in [2.45, 2.75) is 25.6 Å². The van der Waals surface area contributed by atoms with Crippen LogP contribution in [-0.4, -0.2) is 70.3 Å². The van der Waals surface area contributed by atoms with Gasteiger partial charge >= 0.3 is 0 Å². The smallest absolute Gasteiger partial charge is 0.191 e. The van der Waals surface area contributed by atoms with Gasteiger partial charge in [-0.25, -0.2) is 4.98 Å². The lowest BCUT2D eigenvalue weighted by atomic mass is 10.2. The summed E-state index contributed by atoms with van der Waals surface area (Å²) < 4.78 is 10.8. The first kappa shape index (κ1) is 26.0. The average Bonchev–Trinajstić information content (AvgIpc) is 3.22. The minimum atomic E-state index is 0. The molecule has 1 aromatic heterocycles. The summed E-state index contributed by atoms with van der Waals surface area (Å²) in [5.74, 6) is 3.41. The van der Waals surface area contributed by atoms with E-state index >= 15 is 0 Å². The van der Waals surface area contributed by atoms with Gasteiger partial charge in [-0.05, 0) is 41.8 Å². The zero-order valence-electron chi connectivity index (χ0n) is 19.6. The van der Waals surface area contributed by atoms with E-state index in [1.807, 2.05) is 44.4 Å². The predicted octanol–water partition coefficient (Wildman–Crippen LogP) is 2.72. The van der Waals surface area contributed by atoms with E-state index in [9.17, 15) is 0 Å². The fraction of sp³-hybridized carbons (Fsp3) is 0.478. The summed E-state index contributed by atoms with van der Waals surface area (Å²) in [4.78, 5) is 13.2. The number of benzene rings is 1. The second-order valence-electron chi connectivity index (χ2n) is 7.93. The molecule has 0 aliphatic carbocycles. The van der Waals surface area contributed by atoms with Crippen LogP contribution in [-0.2, 0) is 13.1 Å². The molecular formula is C23H35IN6O2. The summed E-state index contributed by atoms with van der Waals surface area (Å²) >= 11 is 0. The van der Waals surface area contributed by atoms with Crippen molar-refractivity contribution in [2.24, 2.45) is 4.99 Å². The Kier molecular flexibility index (Phi) is 10.3. The van der Waals surface area contributed by atoms with Crippen LogP contribution in [0.2, 0.25) is 0 Å². The molecule has 2 heterocycles. The predicted molar refractivity (Wildman–Crippen MR) is 141 cm³/mol. The van der Waals surface area contributed by atoms with Gasteiger partial charge in [-0.2, -0.15) is 0 Å². The molecule has 9 heteroatoms. The summed E-state index contributed by atoms with van der Waals surface area (Å²) in [6, 6.07) is 10.5. The quantitative estimate of drug-likeness (QED) is 0.296. The van der Waals surface area contributed by atoms with E-state index in [0.29, 0.717) is 12.6 Å². The summed E-state index contributed by atoms with van der Waals surface area (Å²) in [6.07, 6.45) is 2.91. The molecule has 0 radical (unpaired) electrons. The molecule has 1 saturated heterocycles. The molecule has 0 spiro atoms. The molecule has 8 nitrogen and oxygen atoms in total. The third kappa shape index (κ3) is 7.40. The van der Waals surface area contributed by atoms with Gasteiger partial charge in [-0.1, -0.05) is 0 Å². The van der Waals surface area contributed by atoms with Gasteiger partial charge in [-0.15, -0.1) is 24.0 Å². The van der Waals surface area contributed by atoms with Gasteiger partial charge in [-0.3, -0.25) is 9.89 Å². The van der Waals surface area contributed by atoms with Crippen molar-refractivity contribution in [2.75, 3.05) is 53.4 Å². The highest BCUT2D eigenvalue weighted by Gasteiger charge is 2.23. The van der Waals surface area contributed by atoms with E-state index in [0.717, 1.165) is 49.3 Å². The van der Waals surface area contributed by atoms with Gasteiger partial charge in [0.2, 0.25) is 0 Å². The topological polar surface area (TPSA) is 74.3 Å². The van der Waals surface area contributed by atoms with Crippen molar-refractivity contribution in [3.8, 4) is 11.5 Å². The Morgan fingerprint density at radius 3 is 2.50 bits per heavy atom. The standard InChI is InChI=1S/C23H34N6O2.HI/c1-24-23(26-14-17-6-8-25-22(12-17)28(2)3)27-19-7-9-29(16-19)15-18-10-20(30-4)13-21(11-18)31-5;/h6,8,10-13,19H,7,9,14-16H2,1-5H3,(H2,24,26,27);1H. The second kappa shape index (κ2) is 12.7. The Morgan fingerprint density at radius 1 is 1.16 bits per heavy atom. The van der Waals surface area contributed by atoms with Crippen LogP contribution in [0.5, 0.6) is 11.5 Å². The Balaban J connectivity index is 0.00000363. The lowest BCUT2D eigenvalue weighted by Crippen LogP contribution is -2.44. The number of rotatable bonds is 8. The number of likely N-dealkylation sites (tertiary alicyclic amines) is 1. The van der Waals surface area contributed by atoms with Gasteiger partial charge < -0.3 is 25.0 Å². The molecule has 2 aromatic rings. The largest absolute Gasteiger partial charge is 0.497 e. The molecular weight excluding hydrogens is 519 g/mol. The maximum Gasteiger partial charge on any atom is 0.191 e. The molecule has 0 amide bonds. The maximum atomic E-state index is 5.39. The van der Waals surface area contributed by atoms with Crippen molar-refractivity contribution < 1.29 is 9.47 Å². The van der Waals surface area contributed by atoms with Gasteiger partial charge in [0.15, 0.2) is 5.96 Å². The minimum Gasteiger partial charge on any atom is -0.497 e. The number of methoxy groups -OCH3 is 2. The molecule has 1 aliphatic rings. The Bertz CT molecular complexity index is 870. The molecule has 0 saturated carbocycles. The molecule has 32 heavy (non-hydrogen) atoms. The number of guanidine groups is 1. The monoisotopic (exact) mass is 554 g/mol. The van der Waals surface area contributed by atoms with Crippen LogP contribution >= 0.6 is 24.0 Å². The van der Waals surface area contributed by atoms with Crippen LogP contribution in [0.4, 0.5) is 5.82 Å². The van der Waals surface area contributed by atoms with Gasteiger partial charge in [0, 0.05) is 65.6 Å². The fourth-order valence-electron chi connectivity index (χ4n) is 3.70. The first-order valence-electron chi connectivity index (χ1n) is 10.5. The molecule has 2 N–H and O–H groups in total. The van der Waals surface area contributed by atoms with Crippen molar-refractivity contribution in [1.29, 1.82) is 0 Å². The zero-order chi connectivity index (χ0) is 22.2. The number of nitrogens with one attached hydrogen (secondary N) is 2. The average molecular weight is 554 g/mol. The first-order chi connectivity index (χ1) is 15.0. The van der Waals surface area contributed by atoms with E-state index in [1.54, 1.807) is 14.2 Å².